The number of hydrogen-bond donors (Lipinski definition) is 2. The fraction of sp³-hybridized carbons (Fsp3) is 0.222. The monoisotopic (exact) mass is 206 g/mol. The van der Waals surface area contributed by atoms with Crippen LogP contribution in [0, 0.1) is 6.92 Å². The molecule has 0 fully saturated rings. The molecule has 0 atom stereocenters. The number of primary amides is 1. The summed E-state index contributed by atoms with van der Waals surface area (Å²) < 4.78 is 1.54. The van der Waals surface area contributed by atoms with Crippen LogP contribution in [0.2, 0.25) is 0 Å². The Balaban J connectivity index is 2.85. The summed E-state index contributed by atoms with van der Waals surface area (Å²) in [4.78, 5) is 14.9. The Morgan fingerprint density at radius 2 is 2.27 bits per heavy atom. The number of amides is 1. The van der Waals surface area contributed by atoms with Gasteiger partial charge in [-0.25, -0.2) is 0 Å². The Hall–Kier alpha value is -2.11. The molecule has 0 unspecified atom stereocenters. The molecule has 0 bridgehead atoms. The van der Waals surface area contributed by atoms with Gasteiger partial charge in [0.25, 0.3) is 5.91 Å². The molecule has 3 N–H and O–H groups in total. The molecule has 0 aromatic carbocycles. The molecule has 0 saturated carbocycles. The van der Waals surface area contributed by atoms with Gasteiger partial charge in [0.2, 0.25) is 5.88 Å². The molecular formula is C9H10N4O2. The quantitative estimate of drug-likeness (QED) is 0.690. The second kappa shape index (κ2) is 2.94. The largest absolute Gasteiger partial charge is 0.493 e. The molecule has 1 amide bonds. The number of nitrogens with zero attached hydrogens (tertiary/aromatic N) is 3. The molecule has 0 radical (unpaired) electrons. The van der Waals surface area contributed by atoms with Crippen LogP contribution in [0.1, 0.15) is 16.1 Å². The average Bonchev–Trinajstić information content (AvgIpc) is 2.41. The standard InChI is InChI=1S/C9H10N4O2/c1-4-5-3-6(7(10)14)9(15)11-8(5)13(2)12-4/h3H,1-2H3,(H2,10,14)(H,11,15). The fourth-order valence-electron chi connectivity index (χ4n) is 1.51. The number of rotatable bonds is 1. The van der Waals surface area contributed by atoms with E-state index in [1.807, 2.05) is 0 Å². The molecule has 0 aliphatic rings. The number of carbonyl (C=O) groups is 1. The maximum atomic E-state index is 11.0. The lowest BCUT2D eigenvalue weighted by Gasteiger charge is -2.00. The highest BCUT2D eigenvalue weighted by molar-refractivity contribution is 5.98. The van der Waals surface area contributed by atoms with Gasteiger partial charge in [-0.15, -0.1) is 0 Å². The highest BCUT2D eigenvalue weighted by atomic mass is 16.3. The topological polar surface area (TPSA) is 94.0 Å². The Bertz CT molecular complexity index is 559. The average molecular weight is 206 g/mol. The summed E-state index contributed by atoms with van der Waals surface area (Å²) >= 11 is 0. The van der Waals surface area contributed by atoms with E-state index in [1.165, 1.54) is 10.7 Å². The molecule has 6 heteroatoms. The molecule has 6 nitrogen and oxygen atoms in total. The van der Waals surface area contributed by atoms with Crippen molar-refractivity contribution in [1.82, 2.24) is 14.8 Å². The number of aromatic nitrogens is 3. The van der Waals surface area contributed by atoms with Crippen LogP contribution in [0.3, 0.4) is 0 Å². The lowest BCUT2D eigenvalue weighted by Crippen LogP contribution is -2.11. The van der Waals surface area contributed by atoms with E-state index in [0.29, 0.717) is 11.0 Å². The minimum absolute atomic E-state index is 0.0126. The van der Waals surface area contributed by atoms with Crippen LogP contribution in [-0.2, 0) is 7.05 Å². The van der Waals surface area contributed by atoms with E-state index < -0.39 is 5.91 Å². The molecule has 78 valence electrons. The van der Waals surface area contributed by atoms with E-state index in [4.69, 9.17) is 5.73 Å². The number of fused-ring (bicyclic) bond motifs is 1. The Morgan fingerprint density at radius 1 is 1.60 bits per heavy atom. The number of hydrogen-bond acceptors (Lipinski definition) is 4. The predicted molar refractivity (Wildman–Crippen MR) is 53.4 cm³/mol. The smallest absolute Gasteiger partial charge is 0.254 e. The van der Waals surface area contributed by atoms with Crippen LogP contribution in [0.4, 0.5) is 0 Å². The van der Waals surface area contributed by atoms with Gasteiger partial charge in [0, 0.05) is 12.4 Å². The third-order valence-electron chi connectivity index (χ3n) is 2.24. The number of aromatic hydroxyl groups is 1. The second-order valence-electron chi connectivity index (χ2n) is 3.30. The predicted octanol–water partition coefficient (Wildman–Crippen LogP) is 0.0812. The van der Waals surface area contributed by atoms with E-state index in [1.54, 1.807) is 14.0 Å². The van der Waals surface area contributed by atoms with Crippen LogP contribution in [0.5, 0.6) is 5.88 Å². The van der Waals surface area contributed by atoms with Crippen LogP contribution >= 0.6 is 0 Å². The molecule has 0 saturated heterocycles. The van der Waals surface area contributed by atoms with E-state index in [9.17, 15) is 9.90 Å². The third kappa shape index (κ3) is 1.30. The fourth-order valence-corrected chi connectivity index (χ4v) is 1.51. The van der Waals surface area contributed by atoms with Crippen molar-refractivity contribution in [1.29, 1.82) is 0 Å². The van der Waals surface area contributed by atoms with Crippen LogP contribution in [-0.4, -0.2) is 25.8 Å². The van der Waals surface area contributed by atoms with E-state index >= 15 is 0 Å². The molecule has 2 heterocycles. The summed E-state index contributed by atoms with van der Waals surface area (Å²) in [6.45, 7) is 1.80. The van der Waals surface area contributed by atoms with Crippen molar-refractivity contribution in [2.45, 2.75) is 6.92 Å². The normalized spacial score (nSPS) is 10.8. The number of aryl methyl sites for hydroxylation is 2. The van der Waals surface area contributed by atoms with E-state index in [-0.39, 0.29) is 11.4 Å². The SMILES string of the molecule is Cc1nn(C)c2nc(O)c(C(N)=O)cc12. The minimum atomic E-state index is -0.704. The number of nitrogens with two attached hydrogens (primary N) is 1. The van der Waals surface area contributed by atoms with Gasteiger partial charge in [-0.2, -0.15) is 10.1 Å². The summed E-state index contributed by atoms with van der Waals surface area (Å²) in [5.41, 5.74) is 6.37. The molecule has 2 aromatic heterocycles. The van der Waals surface area contributed by atoms with Gasteiger partial charge < -0.3 is 10.8 Å². The zero-order valence-corrected chi connectivity index (χ0v) is 8.35. The van der Waals surface area contributed by atoms with Gasteiger partial charge in [-0.1, -0.05) is 0 Å². The lowest BCUT2D eigenvalue weighted by molar-refractivity contribution is 0.0997. The molecule has 0 aliphatic heterocycles. The highest BCUT2D eigenvalue weighted by Gasteiger charge is 2.14. The first-order valence-electron chi connectivity index (χ1n) is 4.34. The Kier molecular flexibility index (Phi) is 1.85. The molecule has 0 spiro atoms. The first-order chi connectivity index (χ1) is 7.00. The summed E-state index contributed by atoms with van der Waals surface area (Å²) in [6, 6.07) is 1.50. The minimum Gasteiger partial charge on any atom is -0.493 e. The van der Waals surface area contributed by atoms with Crippen LogP contribution in [0.25, 0.3) is 11.0 Å². The zero-order valence-electron chi connectivity index (χ0n) is 8.35. The second-order valence-corrected chi connectivity index (χ2v) is 3.30. The van der Waals surface area contributed by atoms with Crippen molar-refractivity contribution in [3.8, 4) is 5.88 Å². The molecule has 15 heavy (non-hydrogen) atoms. The third-order valence-corrected chi connectivity index (χ3v) is 2.24. The highest BCUT2D eigenvalue weighted by Crippen LogP contribution is 2.22. The van der Waals surface area contributed by atoms with Gasteiger partial charge in [0.1, 0.15) is 5.56 Å². The van der Waals surface area contributed by atoms with Gasteiger partial charge in [0.15, 0.2) is 5.65 Å². The van der Waals surface area contributed by atoms with Gasteiger partial charge in [-0.3, -0.25) is 9.48 Å². The summed E-state index contributed by atoms with van der Waals surface area (Å²) in [6.07, 6.45) is 0. The number of pyridine rings is 1. The van der Waals surface area contributed by atoms with E-state index in [0.717, 1.165) is 5.69 Å². The first kappa shape index (κ1) is 9.45. The van der Waals surface area contributed by atoms with Crippen molar-refractivity contribution in [2.24, 2.45) is 12.8 Å². The van der Waals surface area contributed by atoms with Crippen LogP contribution < -0.4 is 5.73 Å². The molecule has 0 aliphatic carbocycles. The van der Waals surface area contributed by atoms with E-state index in [2.05, 4.69) is 10.1 Å². The number of carbonyl (C=O) groups excluding carboxylic acids is 1. The van der Waals surface area contributed by atoms with Crippen molar-refractivity contribution in [2.75, 3.05) is 0 Å². The van der Waals surface area contributed by atoms with Crippen molar-refractivity contribution >= 4 is 16.9 Å². The summed E-state index contributed by atoms with van der Waals surface area (Å²) in [5, 5.41) is 14.3. The molecule has 2 aromatic rings. The summed E-state index contributed by atoms with van der Waals surface area (Å²) in [7, 11) is 1.71. The molecule has 2 rings (SSSR count). The zero-order chi connectivity index (χ0) is 11.2. The van der Waals surface area contributed by atoms with Crippen LogP contribution in [0.15, 0.2) is 6.07 Å². The van der Waals surface area contributed by atoms with Crippen molar-refractivity contribution in [3.05, 3.63) is 17.3 Å². The Morgan fingerprint density at radius 3 is 2.87 bits per heavy atom. The Labute approximate surface area is 85.3 Å². The lowest BCUT2D eigenvalue weighted by atomic mass is 10.2. The van der Waals surface area contributed by atoms with Gasteiger partial charge in [-0.05, 0) is 13.0 Å². The summed E-state index contributed by atoms with van der Waals surface area (Å²) in [5.74, 6) is -1.07. The maximum absolute atomic E-state index is 11.0. The van der Waals surface area contributed by atoms with Crippen molar-refractivity contribution in [3.63, 3.8) is 0 Å². The van der Waals surface area contributed by atoms with Gasteiger partial charge in [0.05, 0.1) is 5.69 Å². The first-order valence-corrected chi connectivity index (χ1v) is 4.34. The van der Waals surface area contributed by atoms with Crippen molar-refractivity contribution < 1.29 is 9.90 Å². The molecular weight excluding hydrogens is 196 g/mol. The van der Waals surface area contributed by atoms with Gasteiger partial charge >= 0.3 is 0 Å². The maximum Gasteiger partial charge on any atom is 0.254 e.